The van der Waals surface area contributed by atoms with Gasteiger partial charge in [0.15, 0.2) is 0 Å². The number of halogens is 2. The average molecular weight is 418 g/mol. The van der Waals surface area contributed by atoms with E-state index in [0.29, 0.717) is 22.7 Å². The van der Waals surface area contributed by atoms with Crippen LogP contribution >= 0.6 is 0 Å². The fourth-order valence-corrected chi connectivity index (χ4v) is 2.84. The van der Waals surface area contributed by atoms with E-state index in [1.54, 1.807) is 31.2 Å². The van der Waals surface area contributed by atoms with Crippen LogP contribution in [0, 0.1) is 5.92 Å². The Morgan fingerprint density at radius 2 is 2.03 bits per heavy atom. The van der Waals surface area contributed by atoms with Crippen molar-refractivity contribution in [2.24, 2.45) is 5.92 Å². The molecule has 2 aromatic heterocycles. The summed E-state index contributed by atoms with van der Waals surface area (Å²) in [6.45, 7) is 3.43. The molecule has 1 N–H and O–H groups in total. The minimum absolute atomic E-state index is 0.00580. The van der Waals surface area contributed by atoms with Gasteiger partial charge in [0, 0.05) is 18.9 Å². The quantitative estimate of drug-likeness (QED) is 0.600. The van der Waals surface area contributed by atoms with E-state index in [0.717, 1.165) is 0 Å². The summed E-state index contributed by atoms with van der Waals surface area (Å²) in [5.41, 5.74) is 1.40. The van der Waals surface area contributed by atoms with Gasteiger partial charge in [-0.05, 0) is 31.2 Å². The number of hydrogen-bond donors (Lipinski definition) is 1. The molecule has 4 rings (SSSR count). The minimum atomic E-state index is -2.59. The van der Waals surface area contributed by atoms with Gasteiger partial charge in [0.05, 0.1) is 24.8 Å². The number of oxazole rings is 1. The fourth-order valence-electron chi connectivity index (χ4n) is 2.84. The first-order valence-electron chi connectivity index (χ1n) is 9.45. The zero-order valence-corrected chi connectivity index (χ0v) is 16.4. The smallest absolute Gasteiger partial charge is 0.319 e. The van der Waals surface area contributed by atoms with Crippen LogP contribution in [0.25, 0.3) is 22.7 Å². The summed E-state index contributed by atoms with van der Waals surface area (Å²) in [6.07, 6.45) is 1.37. The zero-order chi connectivity index (χ0) is 21.3. The first kappa shape index (κ1) is 20.0. The Kier molecular flexibility index (Phi) is 5.23. The van der Waals surface area contributed by atoms with Crippen LogP contribution in [0.5, 0.6) is 11.8 Å². The summed E-state index contributed by atoms with van der Waals surface area (Å²) in [7, 11) is 0. The molecule has 0 bridgehead atoms. The predicted molar refractivity (Wildman–Crippen MR) is 102 cm³/mol. The standard InChI is InChI=1S/C20H20F2N4O4/c1-11(24-12(2)27)9-29-19-23-8-16-18(26-19)30-17(25-16)13-3-5-15(6-4-13)28-10-14-7-20(14,21)22/h3-6,8,11,14H,7,9-10H2,1-2H3,(H,24,27)/t11-,14?/m0/s1. The molecule has 1 aliphatic carbocycles. The molecule has 158 valence electrons. The summed E-state index contributed by atoms with van der Waals surface area (Å²) in [5, 5.41) is 2.70. The van der Waals surface area contributed by atoms with Crippen molar-refractivity contribution in [1.29, 1.82) is 0 Å². The number of ether oxygens (including phenoxy) is 2. The highest BCUT2D eigenvalue weighted by Crippen LogP contribution is 2.48. The third-order valence-corrected chi connectivity index (χ3v) is 4.55. The summed E-state index contributed by atoms with van der Waals surface area (Å²) >= 11 is 0. The van der Waals surface area contributed by atoms with Crippen LogP contribution in [0.3, 0.4) is 0 Å². The molecule has 30 heavy (non-hydrogen) atoms. The van der Waals surface area contributed by atoms with E-state index in [2.05, 4.69) is 20.3 Å². The molecule has 3 aromatic rings. The lowest BCUT2D eigenvalue weighted by Gasteiger charge is -2.12. The van der Waals surface area contributed by atoms with Crippen molar-refractivity contribution in [3.05, 3.63) is 30.5 Å². The number of rotatable bonds is 8. The molecule has 1 aromatic carbocycles. The summed E-state index contributed by atoms with van der Waals surface area (Å²) < 4.78 is 42.4. The lowest BCUT2D eigenvalue weighted by Crippen LogP contribution is -2.35. The molecule has 1 aliphatic rings. The number of benzene rings is 1. The van der Waals surface area contributed by atoms with E-state index >= 15 is 0 Å². The van der Waals surface area contributed by atoms with Crippen LogP contribution in [0.1, 0.15) is 20.3 Å². The van der Waals surface area contributed by atoms with Gasteiger partial charge in [0.1, 0.15) is 17.9 Å². The van der Waals surface area contributed by atoms with E-state index < -0.39 is 11.8 Å². The third-order valence-electron chi connectivity index (χ3n) is 4.55. The van der Waals surface area contributed by atoms with Crippen LogP contribution < -0.4 is 14.8 Å². The molecule has 8 nitrogen and oxygen atoms in total. The van der Waals surface area contributed by atoms with Crippen LogP contribution in [0.15, 0.2) is 34.9 Å². The molecule has 1 fully saturated rings. The number of amides is 1. The lowest BCUT2D eigenvalue weighted by atomic mass is 10.2. The number of fused-ring (bicyclic) bond motifs is 1. The molecular formula is C20H20F2N4O4. The van der Waals surface area contributed by atoms with Gasteiger partial charge in [0.2, 0.25) is 11.8 Å². The summed E-state index contributed by atoms with van der Waals surface area (Å²) in [4.78, 5) is 23.7. The van der Waals surface area contributed by atoms with Crippen LogP contribution in [-0.2, 0) is 4.79 Å². The van der Waals surface area contributed by atoms with Crippen LogP contribution in [-0.4, -0.2) is 46.0 Å². The van der Waals surface area contributed by atoms with Crippen LogP contribution in [0.2, 0.25) is 0 Å². The first-order chi connectivity index (χ1) is 14.3. The molecule has 0 aliphatic heterocycles. The lowest BCUT2D eigenvalue weighted by molar-refractivity contribution is -0.119. The van der Waals surface area contributed by atoms with Crippen molar-refractivity contribution in [3.8, 4) is 23.2 Å². The molecule has 2 heterocycles. The van der Waals surface area contributed by atoms with E-state index in [-0.39, 0.29) is 43.3 Å². The SMILES string of the molecule is CC(=O)N[C@@H](C)COc1ncc2nc(-c3ccc(OCC4CC4(F)F)cc3)oc2n1. The van der Waals surface area contributed by atoms with Crippen molar-refractivity contribution in [2.45, 2.75) is 32.2 Å². The van der Waals surface area contributed by atoms with Gasteiger partial charge in [-0.1, -0.05) is 0 Å². The fraction of sp³-hybridized carbons (Fsp3) is 0.400. The highest BCUT2D eigenvalue weighted by atomic mass is 19.3. The van der Waals surface area contributed by atoms with Gasteiger partial charge in [-0.3, -0.25) is 4.79 Å². The van der Waals surface area contributed by atoms with E-state index in [4.69, 9.17) is 13.9 Å². The van der Waals surface area contributed by atoms with Crippen molar-refractivity contribution in [3.63, 3.8) is 0 Å². The van der Waals surface area contributed by atoms with Gasteiger partial charge in [0.25, 0.3) is 11.6 Å². The molecule has 10 heteroatoms. The third kappa shape index (κ3) is 4.64. The van der Waals surface area contributed by atoms with Gasteiger partial charge < -0.3 is 19.2 Å². The van der Waals surface area contributed by atoms with Gasteiger partial charge >= 0.3 is 6.01 Å². The molecular weight excluding hydrogens is 398 g/mol. The molecule has 2 atom stereocenters. The van der Waals surface area contributed by atoms with Gasteiger partial charge in [-0.15, -0.1) is 0 Å². The van der Waals surface area contributed by atoms with Gasteiger partial charge in [-0.2, -0.15) is 4.98 Å². The molecule has 0 radical (unpaired) electrons. The number of nitrogens with zero attached hydrogens (tertiary/aromatic N) is 3. The Morgan fingerprint density at radius 3 is 2.70 bits per heavy atom. The number of aromatic nitrogens is 3. The van der Waals surface area contributed by atoms with Crippen LogP contribution in [0.4, 0.5) is 8.78 Å². The Labute approximate surface area is 170 Å². The van der Waals surface area contributed by atoms with E-state index in [9.17, 15) is 13.6 Å². The Bertz CT molecular complexity index is 1050. The number of nitrogens with one attached hydrogen (secondary N) is 1. The highest BCUT2D eigenvalue weighted by molar-refractivity contribution is 5.73. The van der Waals surface area contributed by atoms with Crippen molar-refractivity contribution >= 4 is 17.1 Å². The monoisotopic (exact) mass is 418 g/mol. The molecule has 1 amide bonds. The summed E-state index contributed by atoms with van der Waals surface area (Å²) in [6, 6.07) is 6.72. The Balaban J connectivity index is 1.40. The average Bonchev–Trinajstić information content (AvgIpc) is 3.10. The van der Waals surface area contributed by atoms with E-state index in [1.165, 1.54) is 13.1 Å². The largest absolute Gasteiger partial charge is 0.493 e. The predicted octanol–water partition coefficient (Wildman–Crippen LogP) is 3.22. The maximum Gasteiger partial charge on any atom is 0.319 e. The number of carbonyl (C=O) groups excluding carboxylic acids is 1. The van der Waals surface area contributed by atoms with Crippen molar-refractivity contribution < 1.29 is 27.5 Å². The van der Waals surface area contributed by atoms with Gasteiger partial charge in [-0.25, -0.2) is 18.7 Å². The second-order valence-electron chi connectivity index (χ2n) is 7.27. The molecule has 0 spiro atoms. The number of hydrogen-bond acceptors (Lipinski definition) is 7. The Morgan fingerprint density at radius 1 is 1.30 bits per heavy atom. The normalized spacial score (nSPS) is 18.1. The molecule has 1 saturated carbocycles. The summed E-state index contributed by atoms with van der Waals surface area (Å²) in [5.74, 6) is -2.61. The first-order valence-corrected chi connectivity index (χ1v) is 9.45. The zero-order valence-electron chi connectivity index (χ0n) is 16.4. The molecule has 1 unspecified atom stereocenters. The topological polar surface area (TPSA) is 99.4 Å². The maximum atomic E-state index is 12.9. The number of carbonyl (C=O) groups is 1. The second-order valence-corrected chi connectivity index (χ2v) is 7.27. The maximum absolute atomic E-state index is 12.9. The minimum Gasteiger partial charge on any atom is -0.493 e. The molecule has 0 saturated heterocycles. The Hall–Kier alpha value is -3.30. The van der Waals surface area contributed by atoms with Crippen molar-refractivity contribution in [2.75, 3.05) is 13.2 Å². The highest BCUT2D eigenvalue weighted by Gasteiger charge is 2.57. The van der Waals surface area contributed by atoms with Crippen molar-refractivity contribution in [1.82, 2.24) is 20.3 Å². The van der Waals surface area contributed by atoms with E-state index in [1.807, 2.05) is 0 Å². The number of alkyl halides is 2. The second kappa shape index (κ2) is 7.85.